The molecule has 1 N–H and O–H groups in total. The summed E-state index contributed by atoms with van der Waals surface area (Å²) in [5.41, 5.74) is 4.22. The highest BCUT2D eigenvalue weighted by atomic mass is 79.9. The van der Waals surface area contributed by atoms with Crippen LogP contribution < -0.4 is 10.4 Å². The van der Waals surface area contributed by atoms with Gasteiger partial charge in [-0.2, -0.15) is 15.2 Å². The third kappa shape index (κ3) is 3.83. The largest absolute Gasteiger partial charge is 0.271 e. The number of halogens is 1. The molecule has 0 fully saturated rings. The van der Waals surface area contributed by atoms with Gasteiger partial charge in [0.05, 0.1) is 11.4 Å². The van der Waals surface area contributed by atoms with E-state index in [9.17, 15) is 9.59 Å². The predicted molar refractivity (Wildman–Crippen MR) is 101 cm³/mol. The Balaban J connectivity index is 1.67. The van der Waals surface area contributed by atoms with E-state index in [1.807, 2.05) is 36.4 Å². The summed E-state index contributed by atoms with van der Waals surface area (Å²) < 4.78 is 0.802. The number of para-hydroxylation sites is 1. The number of carbonyl (C=O) groups excluding carboxylic acids is 2. The summed E-state index contributed by atoms with van der Waals surface area (Å²) >= 11 is 3.31. The van der Waals surface area contributed by atoms with Crippen LogP contribution in [0.15, 0.2) is 69.3 Å². The zero-order chi connectivity index (χ0) is 17.8. The van der Waals surface area contributed by atoms with Crippen LogP contribution in [-0.4, -0.2) is 23.7 Å². The summed E-state index contributed by atoms with van der Waals surface area (Å²) in [6.45, 7) is 1.76. The van der Waals surface area contributed by atoms with Gasteiger partial charge in [-0.25, -0.2) is 5.43 Å². The molecule has 0 saturated heterocycles. The van der Waals surface area contributed by atoms with Crippen LogP contribution in [0.1, 0.15) is 17.3 Å². The second-order valence-corrected chi connectivity index (χ2v) is 6.35. The molecule has 1 heterocycles. The summed E-state index contributed by atoms with van der Waals surface area (Å²) in [6.07, 6.45) is 1.40. The lowest BCUT2D eigenvalue weighted by atomic mass is 10.1. The maximum atomic E-state index is 12.5. The topological polar surface area (TPSA) is 74.1 Å². The molecule has 0 spiro atoms. The van der Waals surface area contributed by atoms with Gasteiger partial charge < -0.3 is 0 Å². The Kier molecular flexibility index (Phi) is 5.04. The summed E-state index contributed by atoms with van der Waals surface area (Å²) in [5.74, 6) is -1.15. The van der Waals surface area contributed by atoms with Crippen molar-refractivity contribution in [1.82, 2.24) is 5.43 Å². The molecule has 25 heavy (non-hydrogen) atoms. The highest BCUT2D eigenvalue weighted by Crippen LogP contribution is 2.22. The van der Waals surface area contributed by atoms with Crippen LogP contribution in [0.25, 0.3) is 0 Å². The van der Waals surface area contributed by atoms with Gasteiger partial charge in [-0.1, -0.05) is 40.2 Å². The zero-order valence-corrected chi connectivity index (χ0v) is 15.0. The molecule has 1 aliphatic heterocycles. The van der Waals surface area contributed by atoms with E-state index in [1.165, 1.54) is 11.2 Å². The number of nitrogens with one attached hydrogen (secondary N) is 1. The average molecular weight is 399 g/mol. The third-order valence-electron chi connectivity index (χ3n) is 3.66. The molecule has 7 heteroatoms. The molecule has 6 nitrogen and oxygen atoms in total. The van der Waals surface area contributed by atoms with Crippen molar-refractivity contribution in [1.29, 1.82) is 0 Å². The number of rotatable bonds is 4. The second-order valence-electron chi connectivity index (χ2n) is 5.43. The average Bonchev–Trinajstić information content (AvgIpc) is 2.90. The van der Waals surface area contributed by atoms with Gasteiger partial charge in [-0.15, -0.1) is 0 Å². The van der Waals surface area contributed by atoms with Gasteiger partial charge in [0.15, 0.2) is 0 Å². The van der Waals surface area contributed by atoms with E-state index >= 15 is 0 Å². The molecule has 3 rings (SSSR count). The SMILES string of the molecule is CC1=NN(c2ccccc2)C(=O)[C@H]1/C=N\NC(=O)c1cccc(Br)c1. The Bertz CT molecular complexity index is 864. The molecule has 0 bridgehead atoms. The van der Waals surface area contributed by atoms with Crippen molar-refractivity contribution < 1.29 is 9.59 Å². The van der Waals surface area contributed by atoms with Crippen molar-refractivity contribution in [2.75, 3.05) is 5.01 Å². The Labute approximate surface area is 153 Å². The lowest BCUT2D eigenvalue weighted by molar-refractivity contribution is -0.118. The lowest BCUT2D eigenvalue weighted by Crippen LogP contribution is -2.29. The van der Waals surface area contributed by atoms with Crippen molar-refractivity contribution in [3.8, 4) is 0 Å². The first kappa shape index (κ1) is 17.0. The van der Waals surface area contributed by atoms with Crippen LogP contribution in [0.2, 0.25) is 0 Å². The summed E-state index contributed by atoms with van der Waals surface area (Å²) in [7, 11) is 0. The molecular formula is C18H15BrN4O2. The lowest BCUT2D eigenvalue weighted by Gasteiger charge is -2.12. The monoisotopic (exact) mass is 398 g/mol. The molecule has 0 saturated carbocycles. The molecule has 1 atom stereocenters. The number of amides is 2. The minimum atomic E-state index is -0.594. The molecule has 1 aliphatic rings. The van der Waals surface area contributed by atoms with Crippen molar-refractivity contribution in [3.63, 3.8) is 0 Å². The zero-order valence-electron chi connectivity index (χ0n) is 13.4. The first-order valence-electron chi connectivity index (χ1n) is 7.59. The number of hydrogen-bond donors (Lipinski definition) is 1. The molecule has 2 aromatic rings. The van der Waals surface area contributed by atoms with Crippen molar-refractivity contribution in [2.45, 2.75) is 6.92 Å². The summed E-state index contributed by atoms with van der Waals surface area (Å²) in [6, 6.07) is 16.1. The molecule has 0 aromatic heterocycles. The van der Waals surface area contributed by atoms with Gasteiger partial charge in [0.2, 0.25) is 0 Å². The van der Waals surface area contributed by atoms with Crippen LogP contribution >= 0.6 is 15.9 Å². The van der Waals surface area contributed by atoms with E-state index < -0.39 is 5.92 Å². The van der Waals surface area contributed by atoms with Crippen molar-refractivity contribution in [3.05, 3.63) is 64.6 Å². The van der Waals surface area contributed by atoms with Gasteiger partial charge in [0.25, 0.3) is 11.8 Å². The molecule has 0 radical (unpaired) electrons. The second kappa shape index (κ2) is 7.40. The number of hydrazone groups is 2. The number of anilines is 1. The number of nitrogens with zero attached hydrogens (tertiary/aromatic N) is 3. The quantitative estimate of drug-likeness (QED) is 0.634. The Morgan fingerprint density at radius 1 is 1.24 bits per heavy atom. The fourth-order valence-corrected chi connectivity index (χ4v) is 2.77. The Morgan fingerprint density at radius 2 is 2.00 bits per heavy atom. The van der Waals surface area contributed by atoms with Crippen molar-refractivity contribution in [2.24, 2.45) is 16.1 Å². The van der Waals surface area contributed by atoms with Crippen LogP contribution in [0.3, 0.4) is 0 Å². The fraction of sp³-hybridized carbons (Fsp3) is 0.111. The first-order valence-corrected chi connectivity index (χ1v) is 8.39. The Morgan fingerprint density at radius 3 is 2.72 bits per heavy atom. The van der Waals surface area contributed by atoms with E-state index in [2.05, 4.69) is 31.6 Å². The third-order valence-corrected chi connectivity index (χ3v) is 4.15. The van der Waals surface area contributed by atoms with Crippen LogP contribution in [-0.2, 0) is 4.79 Å². The Hall–Kier alpha value is -2.80. The van der Waals surface area contributed by atoms with E-state index in [4.69, 9.17) is 0 Å². The number of benzene rings is 2. The molecule has 2 aromatic carbocycles. The molecule has 0 aliphatic carbocycles. The predicted octanol–water partition coefficient (Wildman–Crippen LogP) is 3.20. The van der Waals surface area contributed by atoms with Gasteiger partial charge in [0, 0.05) is 16.3 Å². The summed E-state index contributed by atoms with van der Waals surface area (Å²) in [4.78, 5) is 24.6. The molecule has 2 amide bonds. The first-order chi connectivity index (χ1) is 12.1. The molecule has 126 valence electrons. The maximum Gasteiger partial charge on any atom is 0.271 e. The number of hydrogen-bond acceptors (Lipinski definition) is 4. The normalized spacial score (nSPS) is 17.0. The van der Waals surface area contributed by atoms with Crippen LogP contribution in [0.4, 0.5) is 5.69 Å². The van der Waals surface area contributed by atoms with Crippen LogP contribution in [0, 0.1) is 5.92 Å². The van der Waals surface area contributed by atoms with Gasteiger partial charge in [0.1, 0.15) is 5.92 Å². The van der Waals surface area contributed by atoms with E-state index in [-0.39, 0.29) is 11.8 Å². The van der Waals surface area contributed by atoms with Gasteiger partial charge in [-0.05, 0) is 37.3 Å². The minimum Gasteiger partial charge on any atom is -0.271 e. The van der Waals surface area contributed by atoms with Crippen LogP contribution in [0.5, 0.6) is 0 Å². The van der Waals surface area contributed by atoms with Crippen molar-refractivity contribution >= 4 is 45.4 Å². The highest BCUT2D eigenvalue weighted by molar-refractivity contribution is 9.10. The van der Waals surface area contributed by atoms with E-state index in [1.54, 1.807) is 25.1 Å². The van der Waals surface area contributed by atoms with E-state index in [0.717, 1.165) is 4.47 Å². The van der Waals surface area contributed by atoms with Gasteiger partial charge in [-0.3, -0.25) is 9.59 Å². The summed E-state index contributed by atoms with van der Waals surface area (Å²) in [5, 5.41) is 9.55. The van der Waals surface area contributed by atoms with Gasteiger partial charge >= 0.3 is 0 Å². The molecule has 0 unspecified atom stereocenters. The number of carbonyl (C=O) groups is 2. The smallest absolute Gasteiger partial charge is 0.271 e. The standard InChI is InChI=1S/C18H15BrN4O2/c1-12-16(18(25)23(22-12)15-8-3-2-4-9-15)11-20-21-17(24)13-6-5-7-14(19)10-13/h2-11,16H,1H3,(H,21,24)/b20-11-/t16-/m0/s1. The highest BCUT2D eigenvalue weighted by Gasteiger charge is 2.33. The fourth-order valence-electron chi connectivity index (χ4n) is 2.37. The maximum absolute atomic E-state index is 12.5. The molecular weight excluding hydrogens is 384 g/mol. The van der Waals surface area contributed by atoms with E-state index in [0.29, 0.717) is 17.0 Å². The minimum absolute atomic E-state index is 0.204.